The predicted molar refractivity (Wildman–Crippen MR) is 132 cm³/mol. The van der Waals surface area contributed by atoms with E-state index in [4.69, 9.17) is 4.74 Å². The van der Waals surface area contributed by atoms with Crippen LogP contribution in [0.5, 0.6) is 0 Å². The largest absolute Gasteiger partial charge is 0.376 e. The second kappa shape index (κ2) is 10.7. The van der Waals surface area contributed by atoms with Gasteiger partial charge in [-0.05, 0) is 49.8 Å². The summed E-state index contributed by atoms with van der Waals surface area (Å²) in [6, 6.07) is 11.6. The fraction of sp³-hybridized carbons (Fsp3) is 0.407. The van der Waals surface area contributed by atoms with Crippen molar-refractivity contribution in [1.29, 1.82) is 0 Å². The minimum absolute atomic E-state index is 0.0271. The zero-order valence-corrected chi connectivity index (χ0v) is 21.2. The Labute approximate surface area is 215 Å². The normalized spacial score (nSPS) is 17.7. The summed E-state index contributed by atoms with van der Waals surface area (Å²) in [4.78, 5) is 19.1. The standard InChI is InChI=1S/C27H29F2N3O4S/c28-24-9-3-1-6-20(24)18-37(34,35)27-30-14-21(32(27)17-22-7-5-13-36-22)16-31(15-19-11-12-19)26(33)23-8-2-4-10-25(23)29/h1-4,6,8-10,14,19,22H,5,7,11-13,15-18H2. The number of amides is 1. The number of halogens is 2. The van der Waals surface area contributed by atoms with E-state index in [0.29, 0.717) is 24.8 Å². The zero-order valence-electron chi connectivity index (χ0n) is 20.4. The van der Waals surface area contributed by atoms with E-state index in [-0.39, 0.29) is 35.5 Å². The van der Waals surface area contributed by atoms with Crippen molar-refractivity contribution in [2.24, 2.45) is 5.92 Å². The Balaban J connectivity index is 1.48. The van der Waals surface area contributed by atoms with Gasteiger partial charge in [-0.15, -0.1) is 0 Å². The maximum Gasteiger partial charge on any atom is 0.257 e. The van der Waals surface area contributed by atoms with Crippen molar-refractivity contribution in [2.75, 3.05) is 13.2 Å². The molecule has 1 saturated carbocycles. The van der Waals surface area contributed by atoms with Gasteiger partial charge in [-0.2, -0.15) is 0 Å². The van der Waals surface area contributed by atoms with Crippen molar-refractivity contribution >= 4 is 15.7 Å². The molecular weight excluding hydrogens is 500 g/mol. The molecule has 1 unspecified atom stereocenters. The van der Waals surface area contributed by atoms with Gasteiger partial charge in [0.15, 0.2) is 0 Å². The molecule has 1 saturated heterocycles. The number of rotatable bonds is 10. The van der Waals surface area contributed by atoms with Crippen molar-refractivity contribution in [3.05, 3.63) is 83.2 Å². The Kier molecular flexibility index (Phi) is 7.39. The molecule has 1 aliphatic carbocycles. The van der Waals surface area contributed by atoms with Crippen LogP contribution in [0.3, 0.4) is 0 Å². The van der Waals surface area contributed by atoms with E-state index < -0.39 is 33.1 Å². The molecule has 37 heavy (non-hydrogen) atoms. The van der Waals surface area contributed by atoms with E-state index in [2.05, 4.69) is 4.98 Å². The summed E-state index contributed by atoms with van der Waals surface area (Å²) >= 11 is 0. The number of ether oxygens (including phenoxy) is 1. The lowest BCUT2D eigenvalue weighted by Gasteiger charge is -2.24. The average Bonchev–Trinajstić information content (AvgIpc) is 3.37. The molecule has 1 aromatic heterocycles. The second-order valence-corrected chi connectivity index (χ2v) is 11.6. The van der Waals surface area contributed by atoms with Gasteiger partial charge in [0.1, 0.15) is 11.6 Å². The summed E-state index contributed by atoms with van der Waals surface area (Å²) in [5, 5.41) is -0.189. The van der Waals surface area contributed by atoms with Crippen molar-refractivity contribution in [3.8, 4) is 0 Å². The summed E-state index contributed by atoms with van der Waals surface area (Å²) in [5.41, 5.74) is 0.537. The molecule has 1 atom stereocenters. The Bertz CT molecular complexity index is 1380. The quantitative estimate of drug-likeness (QED) is 0.390. The Morgan fingerprint density at radius 3 is 2.46 bits per heavy atom. The van der Waals surface area contributed by atoms with Gasteiger partial charge in [-0.25, -0.2) is 22.2 Å². The van der Waals surface area contributed by atoms with E-state index in [1.54, 1.807) is 21.6 Å². The molecule has 2 heterocycles. The first-order valence-electron chi connectivity index (χ1n) is 12.5. The maximum absolute atomic E-state index is 14.5. The SMILES string of the molecule is O=C(c1ccccc1F)N(Cc1cnc(S(=O)(=O)Cc2ccccc2F)n1CC1CCCO1)CC1CC1. The molecule has 2 aromatic carbocycles. The number of sulfone groups is 1. The van der Waals surface area contributed by atoms with Crippen LogP contribution in [0.25, 0.3) is 0 Å². The van der Waals surface area contributed by atoms with Crippen LogP contribution in [0.2, 0.25) is 0 Å². The Hall–Kier alpha value is -3.11. The fourth-order valence-electron chi connectivity index (χ4n) is 4.67. The van der Waals surface area contributed by atoms with Crippen LogP contribution in [-0.2, 0) is 33.4 Å². The van der Waals surface area contributed by atoms with Crippen LogP contribution in [0.1, 0.15) is 47.3 Å². The van der Waals surface area contributed by atoms with Crippen LogP contribution < -0.4 is 0 Å². The number of benzene rings is 2. The van der Waals surface area contributed by atoms with E-state index in [1.165, 1.54) is 42.6 Å². The van der Waals surface area contributed by atoms with Crippen molar-refractivity contribution < 1.29 is 26.7 Å². The monoisotopic (exact) mass is 529 g/mol. The van der Waals surface area contributed by atoms with Crippen LogP contribution >= 0.6 is 0 Å². The molecule has 1 amide bonds. The third-order valence-corrected chi connectivity index (χ3v) is 8.39. The molecule has 0 spiro atoms. The Morgan fingerprint density at radius 1 is 1.05 bits per heavy atom. The van der Waals surface area contributed by atoms with E-state index in [9.17, 15) is 22.0 Å². The molecule has 0 radical (unpaired) electrons. The van der Waals surface area contributed by atoms with Gasteiger partial charge < -0.3 is 14.2 Å². The average molecular weight is 530 g/mol. The lowest BCUT2D eigenvalue weighted by molar-refractivity contribution is 0.0718. The van der Waals surface area contributed by atoms with Crippen LogP contribution in [0.4, 0.5) is 8.78 Å². The minimum Gasteiger partial charge on any atom is -0.376 e. The van der Waals surface area contributed by atoms with Gasteiger partial charge >= 0.3 is 0 Å². The molecule has 0 bridgehead atoms. The number of carbonyl (C=O) groups is 1. The molecule has 2 fully saturated rings. The molecule has 2 aliphatic rings. The highest BCUT2D eigenvalue weighted by Crippen LogP contribution is 2.31. The summed E-state index contributed by atoms with van der Waals surface area (Å²) in [7, 11) is -4.02. The van der Waals surface area contributed by atoms with Crippen molar-refractivity contribution in [1.82, 2.24) is 14.5 Å². The number of imidazole rings is 1. The van der Waals surface area contributed by atoms with Gasteiger partial charge in [0.05, 0.1) is 42.4 Å². The minimum atomic E-state index is -4.02. The topological polar surface area (TPSA) is 81.5 Å². The van der Waals surface area contributed by atoms with E-state index >= 15 is 0 Å². The fourth-order valence-corrected chi connectivity index (χ4v) is 6.18. The molecule has 10 heteroatoms. The summed E-state index contributed by atoms with van der Waals surface area (Å²) in [6.07, 6.45) is 4.85. The predicted octanol–water partition coefficient (Wildman–Crippen LogP) is 4.37. The molecule has 5 rings (SSSR count). The summed E-state index contributed by atoms with van der Waals surface area (Å²) in [6.45, 7) is 1.34. The molecule has 3 aromatic rings. The summed E-state index contributed by atoms with van der Waals surface area (Å²) in [5.74, 6) is -1.87. The van der Waals surface area contributed by atoms with Gasteiger partial charge in [0, 0.05) is 18.7 Å². The second-order valence-electron chi connectivity index (χ2n) is 9.74. The maximum atomic E-state index is 14.5. The van der Waals surface area contributed by atoms with Crippen molar-refractivity contribution in [2.45, 2.75) is 55.8 Å². The summed E-state index contributed by atoms with van der Waals surface area (Å²) < 4.78 is 62.9. The highest BCUT2D eigenvalue weighted by molar-refractivity contribution is 7.90. The number of nitrogens with zero attached hydrogens (tertiary/aromatic N) is 3. The molecule has 196 valence electrons. The van der Waals surface area contributed by atoms with Crippen LogP contribution in [0.15, 0.2) is 59.9 Å². The third kappa shape index (κ3) is 5.91. The molecule has 7 nitrogen and oxygen atoms in total. The van der Waals surface area contributed by atoms with Gasteiger partial charge in [0.25, 0.3) is 5.91 Å². The molecule has 0 N–H and O–H groups in total. The number of carbonyl (C=O) groups excluding carboxylic acids is 1. The van der Waals surface area contributed by atoms with E-state index in [1.807, 2.05) is 0 Å². The first-order chi connectivity index (χ1) is 17.8. The smallest absolute Gasteiger partial charge is 0.257 e. The lowest BCUT2D eigenvalue weighted by atomic mass is 10.1. The van der Waals surface area contributed by atoms with Crippen molar-refractivity contribution in [3.63, 3.8) is 0 Å². The number of hydrogen-bond acceptors (Lipinski definition) is 5. The zero-order chi connectivity index (χ0) is 26.0. The van der Waals surface area contributed by atoms with Gasteiger partial charge in [-0.3, -0.25) is 4.79 Å². The third-order valence-electron chi connectivity index (χ3n) is 6.81. The Morgan fingerprint density at radius 2 is 1.78 bits per heavy atom. The first-order valence-corrected chi connectivity index (χ1v) is 14.1. The van der Waals surface area contributed by atoms with E-state index in [0.717, 1.165) is 25.7 Å². The number of aromatic nitrogens is 2. The first kappa shape index (κ1) is 25.5. The molecular formula is C27H29F2N3O4S. The lowest BCUT2D eigenvalue weighted by Crippen LogP contribution is -2.34. The van der Waals surface area contributed by atoms with Crippen LogP contribution in [-0.4, -0.2) is 48.0 Å². The van der Waals surface area contributed by atoms with Crippen LogP contribution in [0, 0.1) is 17.6 Å². The molecule has 1 aliphatic heterocycles. The number of hydrogen-bond donors (Lipinski definition) is 0. The highest BCUT2D eigenvalue weighted by Gasteiger charge is 2.32. The van der Waals surface area contributed by atoms with Gasteiger partial charge in [-0.1, -0.05) is 30.3 Å². The highest BCUT2D eigenvalue weighted by atomic mass is 32.2. The van der Waals surface area contributed by atoms with Gasteiger partial charge in [0.2, 0.25) is 15.0 Å².